The Morgan fingerprint density at radius 3 is 2.23 bits per heavy atom. The Morgan fingerprint density at radius 1 is 1.03 bits per heavy atom. The zero-order chi connectivity index (χ0) is 25.4. The second-order valence-electron chi connectivity index (χ2n) is 7.68. The van der Waals surface area contributed by atoms with Crippen LogP contribution in [0, 0.1) is 0 Å². The molecule has 1 atom stereocenters. The molecule has 0 aliphatic heterocycles. The molecule has 0 spiro atoms. The number of thiazole rings is 1. The van der Waals surface area contributed by atoms with Crippen LogP contribution in [0.5, 0.6) is 0 Å². The molecule has 3 aromatic rings. The van der Waals surface area contributed by atoms with Gasteiger partial charge >= 0.3 is 11.9 Å². The van der Waals surface area contributed by atoms with E-state index >= 15 is 0 Å². The van der Waals surface area contributed by atoms with Crippen molar-refractivity contribution in [2.75, 3.05) is 4.90 Å². The summed E-state index contributed by atoms with van der Waals surface area (Å²) in [6, 6.07) is 18.3. The highest BCUT2D eigenvalue weighted by Gasteiger charge is 2.28. The molecule has 1 unspecified atom stereocenters. The number of nitrogens with two attached hydrogens (primary N) is 2. The Morgan fingerprint density at radius 2 is 1.66 bits per heavy atom. The Balaban J connectivity index is 2.01. The van der Waals surface area contributed by atoms with Crippen molar-refractivity contribution in [3.8, 4) is 0 Å². The van der Waals surface area contributed by atoms with Crippen LogP contribution in [0.2, 0.25) is 0 Å². The largest absolute Gasteiger partial charge is 0.393 e. The van der Waals surface area contributed by atoms with E-state index < -0.39 is 17.9 Å². The number of para-hydroxylation sites is 1. The molecule has 0 saturated heterocycles. The normalized spacial score (nSPS) is 11.4. The minimum atomic E-state index is -0.691. The minimum absolute atomic E-state index is 0.00933. The zero-order valence-electron chi connectivity index (χ0n) is 19.5. The van der Waals surface area contributed by atoms with E-state index in [-0.39, 0.29) is 24.7 Å². The van der Waals surface area contributed by atoms with Gasteiger partial charge in [0.25, 0.3) is 0 Å². The second kappa shape index (κ2) is 11.9. The number of esters is 2. The number of hydrogen-bond donors (Lipinski definition) is 2. The van der Waals surface area contributed by atoms with Gasteiger partial charge in [-0.2, -0.15) is 4.99 Å². The molecule has 4 N–H and O–H groups in total. The van der Waals surface area contributed by atoms with E-state index in [9.17, 15) is 14.4 Å². The summed E-state index contributed by atoms with van der Waals surface area (Å²) in [5.41, 5.74) is 13.2. The Hall–Kier alpha value is -4.05. The fourth-order valence-electron chi connectivity index (χ4n) is 3.58. The van der Waals surface area contributed by atoms with Crippen molar-refractivity contribution in [2.45, 2.75) is 39.0 Å². The smallest absolute Gasteiger partial charge is 0.314 e. The molecule has 10 heteroatoms. The molecule has 1 aromatic heterocycles. The van der Waals surface area contributed by atoms with Gasteiger partial charge in [0.2, 0.25) is 11.0 Å². The number of aliphatic imine (C=N–C) groups is 1. The first-order chi connectivity index (χ1) is 16.8. The van der Waals surface area contributed by atoms with Gasteiger partial charge in [-0.05, 0) is 24.1 Å². The monoisotopic (exact) mass is 493 g/mol. The summed E-state index contributed by atoms with van der Waals surface area (Å²) in [5.74, 6) is -2.26. The van der Waals surface area contributed by atoms with Gasteiger partial charge in [0.1, 0.15) is 5.00 Å². The van der Waals surface area contributed by atoms with Gasteiger partial charge < -0.3 is 16.2 Å². The third-order valence-corrected chi connectivity index (χ3v) is 6.03. The maximum absolute atomic E-state index is 13.8. The van der Waals surface area contributed by atoms with Crippen molar-refractivity contribution >= 4 is 51.0 Å². The van der Waals surface area contributed by atoms with E-state index in [1.54, 1.807) is 4.90 Å². The predicted molar refractivity (Wildman–Crippen MR) is 136 cm³/mol. The number of aryl methyl sites for hydroxylation is 1. The molecule has 1 amide bonds. The summed E-state index contributed by atoms with van der Waals surface area (Å²) < 4.78 is 4.74. The van der Waals surface area contributed by atoms with Crippen LogP contribution < -0.4 is 16.4 Å². The van der Waals surface area contributed by atoms with Crippen LogP contribution in [-0.4, -0.2) is 28.8 Å². The molecule has 0 aliphatic rings. The molecule has 9 nitrogen and oxygen atoms in total. The number of benzene rings is 2. The van der Waals surface area contributed by atoms with Crippen molar-refractivity contribution in [1.29, 1.82) is 0 Å². The lowest BCUT2D eigenvalue weighted by Crippen LogP contribution is -2.28. The third-order valence-electron chi connectivity index (χ3n) is 5.05. The first-order valence-electron chi connectivity index (χ1n) is 11.0. The highest BCUT2D eigenvalue weighted by molar-refractivity contribution is 7.19. The van der Waals surface area contributed by atoms with Crippen LogP contribution >= 0.6 is 11.3 Å². The van der Waals surface area contributed by atoms with Gasteiger partial charge in [0.05, 0.1) is 12.1 Å². The molecule has 0 saturated carbocycles. The van der Waals surface area contributed by atoms with Crippen LogP contribution in [0.25, 0.3) is 0 Å². The Bertz CT molecular complexity index is 1210. The second-order valence-corrected chi connectivity index (χ2v) is 8.64. The molecule has 182 valence electrons. The number of guanidine groups is 1. The summed E-state index contributed by atoms with van der Waals surface area (Å²) in [5, 5.41) is 0.942. The van der Waals surface area contributed by atoms with Crippen LogP contribution in [-0.2, 0) is 25.5 Å². The Kier molecular flexibility index (Phi) is 8.69. The number of amides is 1. The summed E-state index contributed by atoms with van der Waals surface area (Å²) >= 11 is 1.20. The van der Waals surface area contributed by atoms with E-state index in [4.69, 9.17) is 16.2 Å². The average molecular weight is 494 g/mol. The van der Waals surface area contributed by atoms with Crippen molar-refractivity contribution in [1.82, 2.24) is 4.98 Å². The minimum Gasteiger partial charge on any atom is -0.393 e. The highest BCUT2D eigenvalue weighted by atomic mass is 32.1. The molecular formula is C25H27N5O4S. The maximum Gasteiger partial charge on any atom is 0.314 e. The lowest BCUT2D eigenvalue weighted by atomic mass is 9.92. The molecule has 0 aliphatic carbocycles. The predicted octanol–water partition coefficient (Wildman–Crippen LogP) is 3.93. The molecule has 0 radical (unpaired) electrons. The summed E-state index contributed by atoms with van der Waals surface area (Å²) in [6.07, 6.45) is 0.417. The van der Waals surface area contributed by atoms with Crippen LogP contribution in [0.3, 0.4) is 0 Å². The van der Waals surface area contributed by atoms with Gasteiger partial charge in [-0.25, -0.2) is 4.98 Å². The van der Waals surface area contributed by atoms with Crippen molar-refractivity contribution in [3.05, 3.63) is 71.9 Å². The van der Waals surface area contributed by atoms with Gasteiger partial charge in [-0.1, -0.05) is 66.8 Å². The molecule has 0 bridgehead atoms. The molecule has 35 heavy (non-hydrogen) atoms. The van der Waals surface area contributed by atoms with Crippen LogP contribution in [0.1, 0.15) is 43.9 Å². The van der Waals surface area contributed by atoms with Crippen molar-refractivity contribution in [3.63, 3.8) is 0 Å². The van der Waals surface area contributed by atoms with Crippen LogP contribution in [0.4, 0.5) is 15.8 Å². The maximum atomic E-state index is 13.8. The first-order valence-corrected chi connectivity index (χ1v) is 11.8. The number of ether oxygens (including phenoxy) is 1. The lowest BCUT2D eigenvalue weighted by molar-refractivity contribution is -0.158. The number of rotatable bonds is 9. The molecule has 1 heterocycles. The number of aromatic nitrogens is 1. The number of anilines is 2. The average Bonchev–Trinajstić information content (AvgIpc) is 3.21. The van der Waals surface area contributed by atoms with Crippen LogP contribution in [0.15, 0.2) is 65.7 Å². The number of carbonyl (C=O) groups is 3. The third kappa shape index (κ3) is 6.97. The van der Waals surface area contributed by atoms with E-state index in [1.165, 1.54) is 18.3 Å². The van der Waals surface area contributed by atoms with Gasteiger partial charge in [0.15, 0.2) is 5.96 Å². The highest BCUT2D eigenvalue weighted by Crippen LogP contribution is 2.39. The van der Waals surface area contributed by atoms with Crippen molar-refractivity contribution < 1.29 is 19.1 Å². The fraction of sp³-hybridized carbons (Fsp3) is 0.240. The van der Waals surface area contributed by atoms with Gasteiger partial charge in [-0.3, -0.25) is 19.3 Å². The van der Waals surface area contributed by atoms with Gasteiger partial charge in [0, 0.05) is 24.9 Å². The quantitative estimate of drug-likeness (QED) is 0.199. The van der Waals surface area contributed by atoms with Crippen molar-refractivity contribution in [2.24, 2.45) is 16.5 Å². The summed E-state index contributed by atoms with van der Waals surface area (Å²) in [4.78, 5) is 47.5. The van der Waals surface area contributed by atoms with E-state index in [0.29, 0.717) is 27.9 Å². The van der Waals surface area contributed by atoms with E-state index in [2.05, 4.69) is 9.98 Å². The van der Waals surface area contributed by atoms with Gasteiger partial charge in [-0.15, -0.1) is 0 Å². The topological polar surface area (TPSA) is 141 Å². The number of nitrogens with zero attached hydrogens (tertiary/aromatic N) is 3. The summed E-state index contributed by atoms with van der Waals surface area (Å²) in [7, 11) is 0. The SMILES string of the molecule is CCc1nc(N=C(N)N)sc1N(C(=O)CC(CC(=O)OC(C)=O)c1ccccc1)c1ccccc1. The molecule has 3 rings (SSSR count). The fourth-order valence-corrected chi connectivity index (χ4v) is 4.67. The lowest BCUT2D eigenvalue weighted by Gasteiger charge is -2.25. The summed E-state index contributed by atoms with van der Waals surface area (Å²) in [6.45, 7) is 3.10. The standard InChI is InChI=1S/C25H27N5O4S/c1-3-20-23(35-25(28-20)29-24(26)27)30(19-12-8-5-9-13-19)21(32)14-18(15-22(33)34-16(2)31)17-10-6-4-7-11-17/h4-13,18H,3,14-15H2,1-2H3,(H4,26,27,28,29). The molecule has 0 fully saturated rings. The number of carbonyl (C=O) groups excluding carboxylic acids is 3. The Labute approximate surface area is 207 Å². The molecule has 2 aromatic carbocycles. The zero-order valence-corrected chi connectivity index (χ0v) is 20.3. The van der Waals surface area contributed by atoms with E-state index in [0.717, 1.165) is 5.56 Å². The number of hydrogen-bond acceptors (Lipinski definition) is 7. The molecular weight excluding hydrogens is 466 g/mol. The van der Waals surface area contributed by atoms with E-state index in [1.807, 2.05) is 67.6 Å². The first kappa shape index (κ1) is 25.6.